The van der Waals surface area contributed by atoms with Crippen LogP contribution in [0, 0.1) is 0 Å². The maximum atomic E-state index is 11.9. The second-order valence-corrected chi connectivity index (χ2v) is 5.48. The van der Waals surface area contributed by atoms with E-state index in [1.54, 1.807) is 16.8 Å². The molecule has 0 unspecified atom stereocenters. The van der Waals surface area contributed by atoms with Gasteiger partial charge in [-0.1, -0.05) is 0 Å². The van der Waals surface area contributed by atoms with Crippen LogP contribution in [-0.4, -0.2) is 33.3 Å². The van der Waals surface area contributed by atoms with Crippen LogP contribution in [0.4, 0.5) is 0 Å². The van der Waals surface area contributed by atoms with Crippen molar-refractivity contribution in [3.05, 3.63) is 45.9 Å². The number of carboxylic acids is 1. The molecule has 0 saturated heterocycles. The lowest BCUT2D eigenvalue weighted by atomic mass is 10.3. The minimum absolute atomic E-state index is 0.161. The van der Waals surface area contributed by atoms with E-state index in [9.17, 15) is 9.59 Å². The van der Waals surface area contributed by atoms with Crippen LogP contribution >= 0.6 is 11.3 Å². The van der Waals surface area contributed by atoms with Crippen molar-refractivity contribution in [2.24, 2.45) is 7.05 Å². The van der Waals surface area contributed by atoms with Gasteiger partial charge in [-0.25, -0.2) is 4.79 Å². The zero-order valence-electron chi connectivity index (χ0n) is 11.4. The summed E-state index contributed by atoms with van der Waals surface area (Å²) in [6.07, 6.45) is 5.05. The molecule has 1 amide bonds. The topological polar surface area (TPSA) is 84.2 Å². The first-order valence-corrected chi connectivity index (χ1v) is 7.14. The lowest BCUT2D eigenvalue weighted by Gasteiger charge is -2.01. The van der Waals surface area contributed by atoms with Crippen LogP contribution in [0.15, 0.2) is 30.5 Å². The Hall–Kier alpha value is -2.41. The number of carboxylic acid groups (broad SMARTS) is 1. The van der Waals surface area contributed by atoms with Gasteiger partial charge in [-0.2, -0.15) is 5.10 Å². The fraction of sp³-hybridized carbons (Fsp3) is 0.214. The summed E-state index contributed by atoms with van der Waals surface area (Å²) in [5.74, 6) is -1.17. The number of nitrogens with zero attached hydrogens (tertiary/aromatic N) is 2. The molecular formula is C14H15N3O3S. The fourth-order valence-corrected chi connectivity index (χ4v) is 2.53. The van der Waals surface area contributed by atoms with Crippen LogP contribution in [0.3, 0.4) is 0 Å². The van der Waals surface area contributed by atoms with Gasteiger partial charge in [0, 0.05) is 37.2 Å². The van der Waals surface area contributed by atoms with Crippen LogP contribution in [0.2, 0.25) is 0 Å². The second kappa shape index (κ2) is 6.85. The summed E-state index contributed by atoms with van der Waals surface area (Å²) in [5.41, 5.74) is 0.925. The van der Waals surface area contributed by atoms with Gasteiger partial charge in [0.05, 0.1) is 10.6 Å². The number of carbonyl (C=O) groups excluding carboxylic acids is 1. The van der Waals surface area contributed by atoms with Gasteiger partial charge in [0.25, 0.3) is 5.91 Å². The summed E-state index contributed by atoms with van der Waals surface area (Å²) in [7, 11) is 1.85. The Morgan fingerprint density at radius 2 is 2.24 bits per heavy atom. The van der Waals surface area contributed by atoms with Crippen LogP contribution in [0.1, 0.15) is 20.2 Å². The summed E-state index contributed by atoms with van der Waals surface area (Å²) in [6.45, 7) is 0.508. The first kappa shape index (κ1) is 15.0. The van der Waals surface area contributed by atoms with Gasteiger partial charge in [-0.15, -0.1) is 11.3 Å². The van der Waals surface area contributed by atoms with E-state index in [4.69, 9.17) is 5.11 Å². The molecule has 0 atom stereocenters. The number of aliphatic carboxylic acids is 1. The number of hydrogen-bond donors (Lipinski definition) is 2. The number of hydrogen-bond acceptors (Lipinski definition) is 4. The van der Waals surface area contributed by atoms with Gasteiger partial charge < -0.3 is 10.4 Å². The first-order chi connectivity index (χ1) is 10.0. The van der Waals surface area contributed by atoms with E-state index in [2.05, 4.69) is 10.4 Å². The third-order valence-electron chi connectivity index (χ3n) is 2.68. The van der Waals surface area contributed by atoms with Crippen LogP contribution in [0.25, 0.3) is 6.08 Å². The second-order valence-electron chi connectivity index (χ2n) is 4.36. The smallest absolute Gasteiger partial charge is 0.328 e. The molecule has 2 aromatic rings. The van der Waals surface area contributed by atoms with Crippen molar-refractivity contribution in [3.8, 4) is 0 Å². The Kier molecular flexibility index (Phi) is 4.89. The molecule has 2 heterocycles. The number of rotatable bonds is 6. The molecule has 0 aliphatic rings. The number of aryl methyl sites for hydroxylation is 1. The molecule has 0 spiro atoms. The molecule has 0 aromatic carbocycles. The molecule has 0 aliphatic heterocycles. The largest absolute Gasteiger partial charge is 0.478 e. The fourth-order valence-electron chi connectivity index (χ4n) is 1.71. The molecule has 110 valence electrons. The van der Waals surface area contributed by atoms with Crippen molar-refractivity contribution in [2.75, 3.05) is 6.54 Å². The van der Waals surface area contributed by atoms with Crippen LogP contribution < -0.4 is 5.32 Å². The van der Waals surface area contributed by atoms with E-state index in [-0.39, 0.29) is 5.91 Å². The van der Waals surface area contributed by atoms with E-state index in [0.29, 0.717) is 17.8 Å². The number of aromatic nitrogens is 2. The third kappa shape index (κ3) is 4.57. The molecule has 2 N–H and O–H groups in total. The number of carbonyl (C=O) groups is 2. The molecular weight excluding hydrogens is 290 g/mol. The highest BCUT2D eigenvalue weighted by molar-refractivity contribution is 7.14. The van der Waals surface area contributed by atoms with Crippen molar-refractivity contribution >= 4 is 29.3 Å². The molecule has 0 aliphatic carbocycles. The molecule has 7 heteroatoms. The van der Waals surface area contributed by atoms with Crippen molar-refractivity contribution in [1.29, 1.82) is 0 Å². The Bertz CT molecular complexity index is 673. The van der Waals surface area contributed by atoms with Crippen LogP contribution in [-0.2, 0) is 18.3 Å². The Balaban J connectivity index is 1.84. The van der Waals surface area contributed by atoms with Crippen molar-refractivity contribution in [2.45, 2.75) is 6.42 Å². The summed E-state index contributed by atoms with van der Waals surface area (Å²) in [6, 6.07) is 5.31. The summed E-state index contributed by atoms with van der Waals surface area (Å²) in [4.78, 5) is 23.6. The van der Waals surface area contributed by atoms with E-state index < -0.39 is 5.97 Å². The van der Waals surface area contributed by atoms with Gasteiger partial charge in [-0.3, -0.25) is 9.48 Å². The maximum Gasteiger partial charge on any atom is 0.328 e. The number of amides is 1. The van der Waals surface area contributed by atoms with Gasteiger partial charge >= 0.3 is 5.97 Å². The number of thiophene rings is 1. The van der Waals surface area contributed by atoms with Gasteiger partial charge in [0.15, 0.2) is 0 Å². The molecule has 0 fully saturated rings. The monoisotopic (exact) mass is 305 g/mol. The average Bonchev–Trinajstić information content (AvgIpc) is 3.05. The zero-order chi connectivity index (χ0) is 15.2. The van der Waals surface area contributed by atoms with E-state index in [1.807, 2.05) is 19.3 Å². The minimum Gasteiger partial charge on any atom is -0.478 e. The van der Waals surface area contributed by atoms with Crippen molar-refractivity contribution in [1.82, 2.24) is 15.1 Å². The molecule has 21 heavy (non-hydrogen) atoms. The Labute approximate surface area is 125 Å². The molecule has 0 bridgehead atoms. The quantitative estimate of drug-likeness (QED) is 0.793. The Morgan fingerprint density at radius 1 is 1.43 bits per heavy atom. The molecule has 2 aromatic heterocycles. The minimum atomic E-state index is -1.01. The van der Waals surface area contributed by atoms with Crippen molar-refractivity contribution < 1.29 is 14.7 Å². The van der Waals surface area contributed by atoms with E-state index in [0.717, 1.165) is 16.6 Å². The maximum absolute atomic E-state index is 11.9. The highest BCUT2D eigenvalue weighted by atomic mass is 32.1. The lowest BCUT2D eigenvalue weighted by molar-refractivity contribution is -0.131. The molecule has 2 rings (SSSR count). The SMILES string of the molecule is Cn1ccc(CCNC(=O)c2ccc(/C=C/C(=O)O)s2)n1. The normalized spacial score (nSPS) is 10.9. The molecule has 0 saturated carbocycles. The van der Waals surface area contributed by atoms with E-state index >= 15 is 0 Å². The lowest BCUT2D eigenvalue weighted by Crippen LogP contribution is -2.24. The molecule has 6 nitrogen and oxygen atoms in total. The summed E-state index contributed by atoms with van der Waals surface area (Å²) in [5, 5.41) is 15.6. The third-order valence-corrected chi connectivity index (χ3v) is 3.73. The standard InChI is InChI=1S/C14H15N3O3S/c1-17-9-7-10(16-17)6-8-15-14(20)12-4-2-11(21-12)3-5-13(18)19/h2-5,7,9H,6,8H2,1H3,(H,15,20)(H,18,19)/b5-3+. The summed E-state index contributed by atoms with van der Waals surface area (Å²) >= 11 is 1.25. The summed E-state index contributed by atoms with van der Waals surface area (Å²) < 4.78 is 1.72. The van der Waals surface area contributed by atoms with Crippen LogP contribution in [0.5, 0.6) is 0 Å². The average molecular weight is 305 g/mol. The van der Waals surface area contributed by atoms with Crippen molar-refractivity contribution in [3.63, 3.8) is 0 Å². The predicted molar refractivity (Wildman–Crippen MR) is 80.2 cm³/mol. The first-order valence-electron chi connectivity index (χ1n) is 6.32. The van der Waals surface area contributed by atoms with Gasteiger partial charge in [0.1, 0.15) is 0 Å². The van der Waals surface area contributed by atoms with E-state index in [1.165, 1.54) is 17.4 Å². The highest BCUT2D eigenvalue weighted by Crippen LogP contribution is 2.17. The number of nitrogens with one attached hydrogen (secondary N) is 1. The predicted octanol–water partition coefficient (Wildman–Crippen LogP) is 1.55. The Morgan fingerprint density at radius 3 is 2.90 bits per heavy atom. The van der Waals surface area contributed by atoms with Gasteiger partial charge in [0.2, 0.25) is 0 Å². The highest BCUT2D eigenvalue weighted by Gasteiger charge is 2.08. The zero-order valence-corrected chi connectivity index (χ0v) is 12.3. The molecule has 0 radical (unpaired) electrons. The van der Waals surface area contributed by atoms with Gasteiger partial charge in [-0.05, 0) is 24.3 Å².